The van der Waals surface area contributed by atoms with Crippen molar-refractivity contribution in [2.45, 2.75) is 19.4 Å². The first kappa shape index (κ1) is 12.5. The first-order valence-corrected chi connectivity index (χ1v) is 7.09. The number of amides is 1. The van der Waals surface area contributed by atoms with Gasteiger partial charge in [0, 0.05) is 23.9 Å². The van der Waals surface area contributed by atoms with Gasteiger partial charge in [0.2, 0.25) is 0 Å². The quantitative estimate of drug-likeness (QED) is 0.787. The van der Waals surface area contributed by atoms with Gasteiger partial charge in [-0.3, -0.25) is 4.79 Å². The van der Waals surface area contributed by atoms with E-state index in [9.17, 15) is 4.79 Å². The molecule has 2 atom stereocenters. The van der Waals surface area contributed by atoms with Crippen LogP contribution in [-0.2, 0) is 0 Å². The number of rotatable bonds is 2. The fourth-order valence-corrected chi connectivity index (χ4v) is 3.20. The van der Waals surface area contributed by atoms with Crippen LogP contribution in [0.1, 0.15) is 23.9 Å². The predicted octanol–water partition coefficient (Wildman–Crippen LogP) is 3.52. The zero-order valence-corrected chi connectivity index (χ0v) is 11.6. The van der Waals surface area contributed by atoms with Crippen molar-refractivity contribution in [2.75, 3.05) is 12.4 Å². The molecule has 0 aliphatic carbocycles. The van der Waals surface area contributed by atoms with Crippen molar-refractivity contribution in [3.8, 4) is 0 Å². The van der Waals surface area contributed by atoms with Gasteiger partial charge in [-0.05, 0) is 24.5 Å². The Morgan fingerprint density at radius 2 is 2.26 bits per heavy atom. The Labute approximate surface area is 117 Å². The maximum atomic E-state index is 12.5. The molecule has 2 unspecified atom stereocenters. The minimum atomic E-state index is -0.0498. The summed E-state index contributed by atoms with van der Waals surface area (Å²) in [5.74, 6) is 1.29. The van der Waals surface area contributed by atoms with Gasteiger partial charge in [0.25, 0.3) is 5.91 Å². The third kappa shape index (κ3) is 2.12. The Morgan fingerprint density at radius 3 is 3.00 bits per heavy atom. The highest BCUT2D eigenvalue weighted by Gasteiger charge is 2.35. The Bertz CT molecular complexity index is 574. The van der Waals surface area contributed by atoms with Crippen LogP contribution >= 0.6 is 11.6 Å². The van der Waals surface area contributed by atoms with Crippen molar-refractivity contribution >= 4 is 28.5 Å². The molecular formula is C15H16ClNO2. The summed E-state index contributed by atoms with van der Waals surface area (Å²) in [5, 5.41) is 0.959. The molecule has 1 saturated heterocycles. The van der Waals surface area contributed by atoms with Crippen LogP contribution in [0.3, 0.4) is 0 Å². The van der Waals surface area contributed by atoms with Gasteiger partial charge in [-0.1, -0.05) is 25.1 Å². The lowest BCUT2D eigenvalue weighted by Crippen LogP contribution is -2.38. The maximum absolute atomic E-state index is 12.5. The summed E-state index contributed by atoms with van der Waals surface area (Å²) in [4.78, 5) is 14.3. The van der Waals surface area contributed by atoms with E-state index in [4.69, 9.17) is 16.0 Å². The number of halogens is 1. The highest BCUT2D eigenvalue weighted by molar-refractivity contribution is 6.18. The molecule has 0 bridgehead atoms. The number of carbonyl (C=O) groups is 1. The summed E-state index contributed by atoms with van der Waals surface area (Å²) < 4.78 is 5.64. The molecule has 1 aliphatic rings. The van der Waals surface area contributed by atoms with E-state index in [1.165, 1.54) is 0 Å². The molecule has 0 saturated carbocycles. The highest BCUT2D eigenvalue weighted by Crippen LogP contribution is 2.28. The number of likely N-dealkylation sites (tertiary alicyclic amines) is 1. The first-order valence-electron chi connectivity index (χ1n) is 6.56. The first-order chi connectivity index (χ1) is 9.20. The minimum Gasteiger partial charge on any atom is -0.451 e. The van der Waals surface area contributed by atoms with Gasteiger partial charge in [-0.15, -0.1) is 11.6 Å². The van der Waals surface area contributed by atoms with Crippen LogP contribution in [0.4, 0.5) is 0 Å². The van der Waals surface area contributed by atoms with Gasteiger partial charge < -0.3 is 9.32 Å². The molecule has 2 aromatic rings. The van der Waals surface area contributed by atoms with Crippen LogP contribution in [0.5, 0.6) is 0 Å². The number of fused-ring (bicyclic) bond motifs is 1. The van der Waals surface area contributed by atoms with Crippen molar-refractivity contribution < 1.29 is 9.21 Å². The van der Waals surface area contributed by atoms with Crippen molar-refractivity contribution in [2.24, 2.45) is 5.92 Å². The van der Waals surface area contributed by atoms with E-state index in [-0.39, 0.29) is 11.9 Å². The largest absolute Gasteiger partial charge is 0.451 e. The SMILES string of the molecule is CC1CCN(C(=O)c2cc3ccccc3o2)C1CCl. The monoisotopic (exact) mass is 277 g/mol. The summed E-state index contributed by atoms with van der Waals surface area (Å²) in [6.45, 7) is 2.90. The Balaban J connectivity index is 1.91. The standard InChI is InChI=1S/C15H16ClNO2/c1-10-6-7-17(12(10)9-16)15(18)14-8-11-4-2-3-5-13(11)19-14/h2-5,8,10,12H,6-7,9H2,1H3. The second kappa shape index (κ2) is 4.89. The summed E-state index contributed by atoms with van der Waals surface area (Å²) in [6.07, 6.45) is 1.00. The lowest BCUT2D eigenvalue weighted by molar-refractivity contribution is 0.0707. The number of hydrogen-bond donors (Lipinski definition) is 0. The molecule has 1 fully saturated rings. The van der Waals surface area contributed by atoms with Crippen LogP contribution in [0.25, 0.3) is 11.0 Å². The lowest BCUT2D eigenvalue weighted by atomic mass is 10.1. The Hall–Kier alpha value is -1.48. The van der Waals surface area contributed by atoms with Gasteiger partial charge in [-0.25, -0.2) is 0 Å². The van der Waals surface area contributed by atoms with Crippen LogP contribution in [0.15, 0.2) is 34.7 Å². The molecule has 1 amide bonds. The van der Waals surface area contributed by atoms with E-state index >= 15 is 0 Å². The van der Waals surface area contributed by atoms with Crippen LogP contribution in [0.2, 0.25) is 0 Å². The number of furan rings is 1. The second-order valence-electron chi connectivity index (χ2n) is 5.13. The van der Waals surface area contributed by atoms with Crippen molar-refractivity contribution in [3.63, 3.8) is 0 Å². The average molecular weight is 278 g/mol. The fourth-order valence-electron chi connectivity index (χ4n) is 2.72. The Kier molecular flexibility index (Phi) is 3.23. The zero-order valence-electron chi connectivity index (χ0n) is 10.8. The normalized spacial score (nSPS) is 23.2. The van der Waals surface area contributed by atoms with Gasteiger partial charge in [0.05, 0.1) is 0 Å². The fraction of sp³-hybridized carbons (Fsp3) is 0.400. The van der Waals surface area contributed by atoms with E-state index in [1.54, 1.807) is 0 Å². The van der Waals surface area contributed by atoms with Crippen molar-refractivity contribution in [3.05, 3.63) is 36.1 Å². The third-order valence-corrected chi connectivity index (χ3v) is 4.25. The molecule has 19 heavy (non-hydrogen) atoms. The van der Waals surface area contributed by atoms with Crippen molar-refractivity contribution in [1.82, 2.24) is 4.90 Å². The topological polar surface area (TPSA) is 33.5 Å². The number of para-hydroxylation sites is 1. The molecule has 0 spiro atoms. The van der Waals surface area contributed by atoms with Crippen LogP contribution in [0, 0.1) is 5.92 Å². The average Bonchev–Trinajstić information content (AvgIpc) is 3.00. The molecule has 3 rings (SSSR count). The van der Waals surface area contributed by atoms with E-state index in [0.717, 1.165) is 23.9 Å². The number of carbonyl (C=O) groups excluding carboxylic acids is 1. The minimum absolute atomic E-state index is 0.0498. The van der Waals surface area contributed by atoms with Gasteiger partial charge in [-0.2, -0.15) is 0 Å². The molecule has 3 nitrogen and oxygen atoms in total. The summed E-state index contributed by atoms with van der Waals surface area (Å²) in [6, 6.07) is 9.58. The molecule has 1 aliphatic heterocycles. The van der Waals surface area contributed by atoms with E-state index in [1.807, 2.05) is 35.2 Å². The maximum Gasteiger partial charge on any atom is 0.289 e. The van der Waals surface area contributed by atoms with E-state index < -0.39 is 0 Å². The molecule has 100 valence electrons. The number of benzene rings is 1. The molecule has 1 aromatic carbocycles. The van der Waals surface area contributed by atoms with Gasteiger partial charge in [0.15, 0.2) is 5.76 Å². The summed E-state index contributed by atoms with van der Waals surface area (Å²) >= 11 is 5.98. The van der Waals surface area contributed by atoms with Crippen molar-refractivity contribution in [1.29, 1.82) is 0 Å². The molecule has 4 heteroatoms. The molecule has 0 radical (unpaired) electrons. The second-order valence-corrected chi connectivity index (χ2v) is 5.44. The molecule has 2 heterocycles. The van der Waals surface area contributed by atoms with Crippen LogP contribution in [-0.4, -0.2) is 29.3 Å². The number of alkyl halides is 1. The van der Waals surface area contributed by atoms with E-state index in [0.29, 0.717) is 17.6 Å². The zero-order chi connectivity index (χ0) is 13.4. The molecule has 1 aromatic heterocycles. The van der Waals surface area contributed by atoms with E-state index in [2.05, 4.69) is 6.92 Å². The smallest absolute Gasteiger partial charge is 0.289 e. The predicted molar refractivity (Wildman–Crippen MR) is 75.5 cm³/mol. The molecular weight excluding hydrogens is 262 g/mol. The summed E-state index contributed by atoms with van der Waals surface area (Å²) in [5.41, 5.74) is 0.750. The van der Waals surface area contributed by atoms with Gasteiger partial charge >= 0.3 is 0 Å². The summed E-state index contributed by atoms with van der Waals surface area (Å²) in [7, 11) is 0. The highest BCUT2D eigenvalue weighted by atomic mass is 35.5. The molecule has 0 N–H and O–H groups in total. The Morgan fingerprint density at radius 1 is 1.47 bits per heavy atom. The lowest BCUT2D eigenvalue weighted by Gasteiger charge is -2.24. The van der Waals surface area contributed by atoms with Gasteiger partial charge in [0.1, 0.15) is 5.58 Å². The number of nitrogens with zero attached hydrogens (tertiary/aromatic N) is 1. The number of hydrogen-bond acceptors (Lipinski definition) is 2. The third-order valence-electron chi connectivity index (χ3n) is 3.94. The van der Waals surface area contributed by atoms with Crippen LogP contribution < -0.4 is 0 Å².